The van der Waals surface area contributed by atoms with Crippen molar-refractivity contribution in [1.82, 2.24) is 4.90 Å². The molecule has 0 aliphatic heterocycles. The Morgan fingerprint density at radius 3 is 2.71 bits per heavy atom. The molecular weight excluding hydrogens is 317 g/mol. The molecule has 0 aromatic heterocycles. The van der Waals surface area contributed by atoms with Crippen molar-refractivity contribution < 1.29 is 28.2 Å². The molecule has 0 aliphatic rings. The summed E-state index contributed by atoms with van der Waals surface area (Å²) in [7, 11) is 2.91. The van der Waals surface area contributed by atoms with Gasteiger partial charge in [0.15, 0.2) is 24.3 Å². The van der Waals surface area contributed by atoms with E-state index in [-0.39, 0.29) is 18.9 Å². The molecule has 132 valence electrons. The monoisotopic (exact) mass is 339 g/mol. The van der Waals surface area contributed by atoms with Gasteiger partial charge in [-0.3, -0.25) is 4.79 Å². The van der Waals surface area contributed by atoms with E-state index in [0.717, 1.165) is 0 Å². The van der Waals surface area contributed by atoms with Crippen LogP contribution in [0.15, 0.2) is 30.9 Å². The molecule has 0 saturated carbocycles. The molecule has 0 fully saturated rings. The van der Waals surface area contributed by atoms with Crippen LogP contribution in [0.1, 0.15) is 12.5 Å². The third-order valence-electron chi connectivity index (χ3n) is 3.20. The standard InChI is InChI=1S/C17H22FNO5/c1-5-8-23-12(2)17(21)24-11-16(20)19(3)10-13-6-7-15(22-4)14(18)9-13/h5-7,9,12H,1,8,10-11H2,2-4H3. The number of likely N-dealkylation sites (N-methyl/N-ethyl adjacent to an activating group) is 1. The minimum Gasteiger partial charge on any atom is -0.494 e. The van der Waals surface area contributed by atoms with E-state index in [0.29, 0.717) is 5.56 Å². The van der Waals surface area contributed by atoms with Gasteiger partial charge in [-0.25, -0.2) is 9.18 Å². The summed E-state index contributed by atoms with van der Waals surface area (Å²) < 4.78 is 28.5. The summed E-state index contributed by atoms with van der Waals surface area (Å²) >= 11 is 0. The maximum absolute atomic E-state index is 13.6. The Morgan fingerprint density at radius 2 is 2.12 bits per heavy atom. The van der Waals surface area contributed by atoms with Crippen LogP contribution in [0, 0.1) is 5.82 Å². The molecule has 1 rings (SSSR count). The Morgan fingerprint density at radius 1 is 1.42 bits per heavy atom. The van der Waals surface area contributed by atoms with Crippen molar-refractivity contribution in [1.29, 1.82) is 0 Å². The van der Waals surface area contributed by atoms with Gasteiger partial charge in [0.2, 0.25) is 0 Å². The molecule has 0 N–H and O–H groups in total. The number of methoxy groups -OCH3 is 1. The summed E-state index contributed by atoms with van der Waals surface area (Å²) in [5.41, 5.74) is 0.596. The molecule has 0 spiro atoms. The van der Waals surface area contributed by atoms with E-state index in [2.05, 4.69) is 6.58 Å². The summed E-state index contributed by atoms with van der Waals surface area (Å²) in [4.78, 5) is 24.9. The van der Waals surface area contributed by atoms with Gasteiger partial charge in [-0.1, -0.05) is 12.1 Å². The molecule has 0 heterocycles. The van der Waals surface area contributed by atoms with E-state index in [1.54, 1.807) is 6.07 Å². The van der Waals surface area contributed by atoms with Crippen molar-refractivity contribution in [3.05, 3.63) is 42.2 Å². The Bertz CT molecular complexity index is 590. The van der Waals surface area contributed by atoms with Crippen LogP contribution in [0.4, 0.5) is 4.39 Å². The fourth-order valence-corrected chi connectivity index (χ4v) is 1.81. The summed E-state index contributed by atoms with van der Waals surface area (Å²) in [5.74, 6) is -1.41. The largest absolute Gasteiger partial charge is 0.494 e. The third kappa shape index (κ3) is 6.00. The summed E-state index contributed by atoms with van der Waals surface area (Å²) in [6.45, 7) is 4.99. The van der Waals surface area contributed by atoms with Crippen LogP contribution in [0.5, 0.6) is 5.75 Å². The molecule has 0 aliphatic carbocycles. The second-order valence-electron chi connectivity index (χ2n) is 5.09. The zero-order chi connectivity index (χ0) is 18.1. The molecular formula is C17H22FNO5. The van der Waals surface area contributed by atoms with Crippen molar-refractivity contribution in [2.24, 2.45) is 0 Å². The Balaban J connectivity index is 2.48. The molecule has 6 nitrogen and oxygen atoms in total. The number of carbonyl (C=O) groups is 2. The number of nitrogens with zero attached hydrogens (tertiary/aromatic N) is 1. The first-order valence-electron chi connectivity index (χ1n) is 7.34. The average Bonchev–Trinajstić information content (AvgIpc) is 2.57. The predicted octanol–water partition coefficient (Wildman–Crippen LogP) is 1.93. The lowest BCUT2D eigenvalue weighted by atomic mass is 10.2. The Kier molecular flexibility index (Phi) is 7.91. The first-order chi connectivity index (χ1) is 11.4. The van der Waals surface area contributed by atoms with Crippen LogP contribution in [0.3, 0.4) is 0 Å². The van der Waals surface area contributed by atoms with E-state index in [9.17, 15) is 14.0 Å². The van der Waals surface area contributed by atoms with Crippen LogP contribution in [0.25, 0.3) is 0 Å². The van der Waals surface area contributed by atoms with E-state index in [4.69, 9.17) is 14.2 Å². The number of benzene rings is 1. The number of esters is 1. The Labute approximate surface area is 140 Å². The molecule has 0 bridgehead atoms. The van der Waals surface area contributed by atoms with Crippen LogP contribution < -0.4 is 4.74 Å². The molecule has 1 aromatic carbocycles. The van der Waals surface area contributed by atoms with Crippen LogP contribution in [-0.2, 0) is 25.6 Å². The van der Waals surface area contributed by atoms with Gasteiger partial charge in [-0.05, 0) is 24.6 Å². The van der Waals surface area contributed by atoms with Crippen molar-refractivity contribution >= 4 is 11.9 Å². The average molecular weight is 339 g/mol. The van der Waals surface area contributed by atoms with Gasteiger partial charge in [-0.15, -0.1) is 6.58 Å². The van der Waals surface area contributed by atoms with E-state index < -0.39 is 30.4 Å². The molecule has 1 atom stereocenters. The number of halogens is 1. The molecule has 0 saturated heterocycles. The van der Waals surface area contributed by atoms with Crippen molar-refractivity contribution in [2.75, 3.05) is 27.4 Å². The summed E-state index contributed by atoms with van der Waals surface area (Å²) in [6, 6.07) is 4.43. The molecule has 0 radical (unpaired) electrons. The van der Waals surface area contributed by atoms with Gasteiger partial charge in [-0.2, -0.15) is 0 Å². The lowest BCUT2D eigenvalue weighted by Crippen LogP contribution is -2.33. The molecule has 1 amide bonds. The number of carbonyl (C=O) groups excluding carboxylic acids is 2. The van der Waals surface area contributed by atoms with Crippen molar-refractivity contribution in [3.63, 3.8) is 0 Å². The number of rotatable bonds is 9. The SMILES string of the molecule is C=CCOC(C)C(=O)OCC(=O)N(C)Cc1ccc(OC)c(F)c1. The normalized spacial score (nSPS) is 11.5. The van der Waals surface area contributed by atoms with Crippen molar-refractivity contribution in [3.8, 4) is 5.75 Å². The minimum absolute atomic E-state index is 0.134. The third-order valence-corrected chi connectivity index (χ3v) is 3.20. The lowest BCUT2D eigenvalue weighted by molar-refractivity contribution is -0.160. The second kappa shape index (κ2) is 9.67. The zero-order valence-corrected chi connectivity index (χ0v) is 14.1. The molecule has 1 aromatic rings. The van der Waals surface area contributed by atoms with E-state index >= 15 is 0 Å². The first-order valence-corrected chi connectivity index (χ1v) is 7.34. The topological polar surface area (TPSA) is 65.1 Å². The quantitative estimate of drug-likeness (QED) is 0.508. The highest BCUT2D eigenvalue weighted by molar-refractivity contribution is 5.81. The number of hydrogen-bond donors (Lipinski definition) is 0. The van der Waals surface area contributed by atoms with E-state index in [1.165, 1.54) is 44.2 Å². The maximum Gasteiger partial charge on any atom is 0.335 e. The van der Waals surface area contributed by atoms with Gasteiger partial charge in [0, 0.05) is 13.6 Å². The van der Waals surface area contributed by atoms with Crippen molar-refractivity contribution in [2.45, 2.75) is 19.6 Å². The highest BCUT2D eigenvalue weighted by Gasteiger charge is 2.18. The van der Waals surface area contributed by atoms with Crippen LogP contribution in [0.2, 0.25) is 0 Å². The minimum atomic E-state index is -0.781. The molecule has 24 heavy (non-hydrogen) atoms. The Hall–Kier alpha value is -2.41. The molecule has 1 unspecified atom stereocenters. The number of amides is 1. The summed E-state index contributed by atoms with van der Waals surface area (Å²) in [6.07, 6.45) is 0.730. The summed E-state index contributed by atoms with van der Waals surface area (Å²) in [5, 5.41) is 0. The van der Waals surface area contributed by atoms with Crippen LogP contribution in [-0.4, -0.2) is 50.3 Å². The fourth-order valence-electron chi connectivity index (χ4n) is 1.81. The zero-order valence-electron chi connectivity index (χ0n) is 14.1. The fraction of sp³-hybridized carbons (Fsp3) is 0.412. The smallest absolute Gasteiger partial charge is 0.335 e. The van der Waals surface area contributed by atoms with Gasteiger partial charge >= 0.3 is 5.97 Å². The van der Waals surface area contributed by atoms with Gasteiger partial charge in [0.1, 0.15) is 0 Å². The van der Waals surface area contributed by atoms with Gasteiger partial charge < -0.3 is 19.1 Å². The molecule has 7 heteroatoms. The highest BCUT2D eigenvalue weighted by Crippen LogP contribution is 2.18. The first kappa shape index (κ1) is 19.6. The highest BCUT2D eigenvalue weighted by atomic mass is 19.1. The number of hydrogen-bond acceptors (Lipinski definition) is 5. The van der Waals surface area contributed by atoms with E-state index in [1.807, 2.05) is 0 Å². The second-order valence-corrected chi connectivity index (χ2v) is 5.09. The number of ether oxygens (including phenoxy) is 3. The van der Waals surface area contributed by atoms with Gasteiger partial charge in [0.05, 0.1) is 13.7 Å². The maximum atomic E-state index is 13.6. The van der Waals surface area contributed by atoms with Gasteiger partial charge in [0.25, 0.3) is 5.91 Å². The lowest BCUT2D eigenvalue weighted by Gasteiger charge is -2.18. The predicted molar refractivity (Wildman–Crippen MR) is 86.0 cm³/mol. The van der Waals surface area contributed by atoms with Crippen LogP contribution >= 0.6 is 0 Å².